The topological polar surface area (TPSA) is 81.8 Å². The average Bonchev–Trinajstić information content (AvgIpc) is 2.44. The molecule has 1 aromatic carbocycles. The van der Waals surface area contributed by atoms with Gasteiger partial charge in [-0.05, 0) is 30.1 Å². The molecule has 7 heteroatoms. The van der Waals surface area contributed by atoms with E-state index in [1.807, 2.05) is 43.4 Å². The first kappa shape index (κ1) is 20.9. The van der Waals surface area contributed by atoms with Crippen molar-refractivity contribution >= 4 is 24.1 Å². The Bertz CT molecular complexity index is 675. The third-order valence-electron chi connectivity index (χ3n) is 4.52. The van der Waals surface area contributed by atoms with E-state index in [2.05, 4.69) is 24.8 Å². The Morgan fingerprint density at radius 3 is 2.29 bits per heavy atom. The van der Waals surface area contributed by atoms with Crippen LogP contribution in [-0.2, 0) is 25.9 Å². The molecule has 1 rings (SSSR count). The van der Waals surface area contributed by atoms with Gasteiger partial charge in [0.05, 0.1) is 28.7 Å². The maximum Gasteiger partial charge on any atom is 0.310 e. The molecule has 0 aliphatic carbocycles. The number of carbonyl (C=O) groups excluding carboxylic acids is 1. The van der Waals surface area contributed by atoms with Gasteiger partial charge in [0.1, 0.15) is 0 Å². The summed E-state index contributed by atoms with van der Waals surface area (Å²) in [4.78, 5) is 12.1. The fraction of sp³-hybridized carbons (Fsp3) is 0.588. The van der Waals surface area contributed by atoms with Crippen LogP contribution in [0.1, 0.15) is 26.3 Å². The number of hydrogen-bond acceptors (Lipinski definition) is 4. The molecule has 2 N–H and O–H groups in total. The van der Waals surface area contributed by atoms with E-state index in [0.29, 0.717) is 6.42 Å². The van der Waals surface area contributed by atoms with Gasteiger partial charge < -0.3 is 4.74 Å². The summed E-state index contributed by atoms with van der Waals surface area (Å²) < 4.78 is 22.3. The molecule has 0 spiro atoms. The maximum absolute atomic E-state index is 12.9. The Balaban J connectivity index is 3.09. The monoisotopic (exact) mass is 370 g/mol. The highest BCUT2D eigenvalue weighted by molar-refractivity contribution is 7.92. The van der Waals surface area contributed by atoms with Crippen LogP contribution in [0.25, 0.3) is 0 Å². The highest BCUT2D eigenvalue weighted by Crippen LogP contribution is 2.37. The van der Waals surface area contributed by atoms with E-state index in [4.69, 9.17) is 9.88 Å². The van der Waals surface area contributed by atoms with Crippen molar-refractivity contribution in [2.24, 2.45) is 15.1 Å². The van der Waals surface area contributed by atoms with Crippen LogP contribution in [0.4, 0.5) is 0 Å². The minimum absolute atomic E-state index is 0.0150. The lowest BCUT2D eigenvalue weighted by molar-refractivity contribution is -0.144. The number of esters is 1. The zero-order valence-electron chi connectivity index (χ0n) is 15.5. The van der Waals surface area contributed by atoms with Gasteiger partial charge in [0, 0.05) is 0 Å². The molecular formula is C17H30N2O3SSi. The number of methoxy groups -OCH3 is 1. The summed E-state index contributed by atoms with van der Waals surface area (Å²) in [6.07, 6.45) is 0.439. The number of hydrogen-bond donors (Lipinski definition) is 1. The van der Waals surface area contributed by atoms with Crippen LogP contribution < -0.4 is 5.14 Å². The van der Waals surface area contributed by atoms with Crippen LogP contribution in [0.5, 0.6) is 0 Å². The van der Waals surface area contributed by atoms with Gasteiger partial charge in [-0.25, -0.2) is 9.35 Å². The zero-order chi connectivity index (χ0) is 18.6. The second-order valence-corrected chi connectivity index (χ2v) is 14.7. The van der Waals surface area contributed by atoms with Gasteiger partial charge in [0.25, 0.3) is 0 Å². The Hall–Kier alpha value is -1.18. The molecule has 0 amide bonds. The fourth-order valence-corrected chi connectivity index (χ4v) is 7.44. The molecule has 0 aliphatic rings. The molecule has 1 aromatic rings. The fourth-order valence-electron chi connectivity index (χ4n) is 2.12. The molecule has 5 nitrogen and oxygen atoms in total. The standard InChI is InChI=1S/C17H30N2O3SSi/c1-17(2,3)24(5,6)19-23(18,21)13-15(16(20)22-4)12-14-10-8-7-9-11-14/h7-11,15H,12-13H2,1-6H3,(H2,18,19,21). The third kappa shape index (κ3) is 6.03. The van der Waals surface area contributed by atoms with Gasteiger partial charge in [-0.2, -0.15) is 0 Å². The second-order valence-electron chi connectivity index (χ2n) is 7.67. The minimum Gasteiger partial charge on any atom is -0.469 e. The summed E-state index contributed by atoms with van der Waals surface area (Å²) >= 11 is 0. The molecule has 24 heavy (non-hydrogen) atoms. The van der Waals surface area contributed by atoms with Crippen molar-refractivity contribution in [1.82, 2.24) is 0 Å². The molecular weight excluding hydrogens is 340 g/mol. The molecule has 2 atom stereocenters. The van der Waals surface area contributed by atoms with Gasteiger partial charge in [-0.15, -0.1) is 0 Å². The van der Waals surface area contributed by atoms with Crippen molar-refractivity contribution in [2.45, 2.75) is 45.3 Å². The van der Waals surface area contributed by atoms with Crippen molar-refractivity contribution in [2.75, 3.05) is 12.9 Å². The van der Waals surface area contributed by atoms with Gasteiger partial charge in [-0.1, -0.05) is 51.1 Å². The second kappa shape index (κ2) is 7.80. The molecule has 0 saturated carbocycles. The van der Waals surface area contributed by atoms with Crippen LogP contribution in [0.2, 0.25) is 18.1 Å². The largest absolute Gasteiger partial charge is 0.469 e. The van der Waals surface area contributed by atoms with E-state index in [0.717, 1.165) is 5.56 Å². The highest BCUT2D eigenvalue weighted by atomic mass is 32.2. The molecule has 0 aliphatic heterocycles. The van der Waals surface area contributed by atoms with E-state index in [1.54, 1.807) is 0 Å². The number of rotatable bonds is 6. The smallest absolute Gasteiger partial charge is 0.310 e. The predicted octanol–water partition coefficient (Wildman–Crippen LogP) is 3.37. The van der Waals surface area contributed by atoms with Crippen LogP contribution in [0, 0.1) is 5.92 Å². The van der Waals surface area contributed by atoms with Crippen LogP contribution in [-0.4, -0.2) is 31.3 Å². The lowest BCUT2D eigenvalue weighted by atomic mass is 10.0. The molecule has 0 heterocycles. The van der Waals surface area contributed by atoms with E-state index < -0.39 is 30.0 Å². The average molecular weight is 371 g/mol. The summed E-state index contributed by atoms with van der Waals surface area (Å²) in [5.74, 6) is -0.952. The van der Waals surface area contributed by atoms with Gasteiger partial charge in [-0.3, -0.25) is 8.82 Å². The molecule has 0 fully saturated rings. The summed E-state index contributed by atoms with van der Waals surface area (Å²) in [6.45, 7) is 10.3. The third-order valence-corrected chi connectivity index (χ3v) is 12.1. The van der Waals surface area contributed by atoms with E-state index in [-0.39, 0.29) is 10.8 Å². The van der Waals surface area contributed by atoms with Crippen molar-refractivity contribution in [3.63, 3.8) is 0 Å². The molecule has 0 bridgehead atoms. The first-order chi connectivity index (χ1) is 10.9. The Morgan fingerprint density at radius 2 is 1.83 bits per heavy atom. The number of nitrogens with zero attached hydrogens (tertiary/aromatic N) is 1. The normalized spacial score (nSPS) is 16.1. The van der Waals surface area contributed by atoms with Crippen molar-refractivity contribution in [3.05, 3.63) is 35.9 Å². The number of ether oxygens (including phenoxy) is 1. The first-order valence-electron chi connectivity index (χ1n) is 8.03. The quantitative estimate of drug-likeness (QED) is 0.616. The van der Waals surface area contributed by atoms with Crippen molar-refractivity contribution < 1.29 is 13.7 Å². The van der Waals surface area contributed by atoms with Gasteiger partial charge in [0.2, 0.25) is 0 Å². The van der Waals surface area contributed by atoms with Crippen LogP contribution in [0.15, 0.2) is 34.4 Å². The summed E-state index contributed by atoms with van der Waals surface area (Å²) in [5.41, 5.74) is 0.982. The predicted molar refractivity (Wildman–Crippen MR) is 102 cm³/mol. The molecule has 0 radical (unpaired) electrons. The Morgan fingerprint density at radius 1 is 1.29 bits per heavy atom. The number of benzene rings is 1. The van der Waals surface area contributed by atoms with Crippen molar-refractivity contribution in [3.8, 4) is 0 Å². The van der Waals surface area contributed by atoms with E-state index in [1.165, 1.54) is 7.11 Å². The summed E-state index contributed by atoms with van der Waals surface area (Å²) in [6, 6.07) is 9.58. The number of nitrogens with two attached hydrogens (primary N) is 1. The molecule has 2 unspecified atom stereocenters. The first-order valence-corrected chi connectivity index (χ1v) is 12.7. The number of carbonyl (C=O) groups is 1. The molecule has 136 valence electrons. The van der Waals surface area contributed by atoms with Crippen molar-refractivity contribution in [1.29, 1.82) is 0 Å². The lowest BCUT2D eigenvalue weighted by Crippen LogP contribution is -2.40. The Kier molecular flexibility index (Phi) is 6.78. The SMILES string of the molecule is COC(=O)C(Cc1ccccc1)CS(N)(=O)=N[Si](C)(C)C(C)(C)C. The Labute approximate surface area is 147 Å². The minimum atomic E-state index is -2.96. The summed E-state index contributed by atoms with van der Waals surface area (Å²) in [5, 5.41) is 5.97. The lowest BCUT2D eigenvalue weighted by Gasteiger charge is -2.33. The molecule has 0 saturated heterocycles. The van der Waals surface area contributed by atoms with Crippen LogP contribution >= 0.6 is 0 Å². The highest BCUT2D eigenvalue weighted by Gasteiger charge is 2.37. The van der Waals surface area contributed by atoms with Gasteiger partial charge in [0.15, 0.2) is 8.24 Å². The zero-order valence-corrected chi connectivity index (χ0v) is 17.4. The van der Waals surface area contributed by atoms with E-state index in [9.17, 15) is 9.00 Å². The maximum atomic E-state index is 12.9. The summed E-state index contributed by atoms with van der Waals surface area (Å²) in [7, 11) is -3.80. The van der Waals surface area contributed by atoms with E-state index >= 15 is 0 Å². The van der Waals surface area contributed by atoms with Gasteiger partial charge >= 0.3 is 5.97 Å². The molecule has 0 aromatic heterocycles. The van der Waals surface area contributed by atoms with Crippen LogP contribution in [0.3, 0.4) is 0 Å².